The van der Waals surface area contributed by atoms with E-state index in [1.165, 1.54) is 29.1 Å². The van der Waals surface area contributed by atoms with E-state index in [4.69, 9.17) is 58.3 Å². The Kier molecular flexibility index (Phi) is 27.7. The number of nitrogens with one attached hydrogen (secondary N) is 3. The molecule has 10 heterocycles. The van der Waals surface area contributed by atoms with Crippen LogP contribution in [0.4, 0.5) is 13.2 Å². The minimum absolute atomic E-state index is 0.00633. The van der Waals surface area contributed by atoms with Crippen LogP contribution in [0.2, 0.25) is 10.0 Å². The van der Waals surface area contributed by atoms with Crippen molar-refractivity contribution in [1.29, 1.82) is 0 Å². The van der Waals surface area contributed by atoms with Crippen LogP contribution in [0.3, 0.4) is 0 Å². The molecule has 31 nitrogen and oxygen atoms in total. The predicted octanol–water partition coefficient (Wildman–Crippen LogP) is 10.4. The van der Waals surface area contributed by atoms with Crippen molar-refractivity contribution in [2.24, 2.45) is 15.7 Å². The highest BCUT2D eigenvalue weighted by Crippen LogP contribution is 2.43. The van der Waals surface area contributed by atoms with Crippen LogP contribution >= 0.6 is 45.9 Å². The first kappa shape index (κ1) is 87.0. The summed E-state index contributed by atoms with van der Waals surface area (Å²) < 4.78 is 46.9. The van der Waals surface area contributed by atoms with Crippen molar-refractivity contribution < 1.29 is 95.2 Å². The Balaban J connectivity index is 0.000000181. The highest BCUT2D eigenvalue weighted by Gasteiger charge is 2.48. The zero-order valence-electron chi connectivity index (χ0n) is 64.4. The Morgan fingerprint density at radius 1 is 0.551 bits per heavy atom. The van der Waals surface area contributed by atoms with Crippen molar-refractivity contribution >= 4 is 134 Å². The molecule has 118 heavy (non-hydrogen) atoms. The largest absolute Gasteiger partial charge is 0.490 e. The second-order valence-corrected chi connectivity index (χ2v) is 31.4. The van der Waals surface area contributed by atoms with Gasteiger partial charge in [-0.1, -0.05) is 72.4 Å². The molecule has 6 aliphatic heterocycles. The average molecular weight is 1700 g/mol. The van der Waals surface area contributed by atoms with Gasteiger partial charge in [-0.25, -0.2) is 4.79 Å². The van der Waals surface area contributed by atoms with Gasteiger partial charge in [0.2, 0.25) is 29.5 Å². The molecule has 7 N–H and O–H groups in total. The lowest BCUT2D eigenvalue weighted by Crippen LogP contribution is -2.54. The summed E-state index contributed by atoms with van der Waals surface area (Å²) in [5, 5.41) is 44.3. The molecule has 4 aromatic heterocycles. The van der Waals surface area contributed by atoms with Gasteiger partial charge in [-0.3, -0.25) is 97.1 Å². The topological polar surface area (TPSA) is 436 Å². The maximum Gasteiger partial charge on any atom is 0.490 e. The number of fused-ring (bicyclic) bond motifs is 8. The minimum atomic E-state index is -5.08. The fourth-order valence-electron chi connectivity index (χ4n) is 13.8. The molecule has 2 saturated heterocycles. The summed E-state index contributed by atoms with van der Waals surface area (Å²) in [4.78, 5) is 172. The molecule has 2 fully saturated rings. The van der Waals surface area contributed by atoms with Crippen molar-refractivity contribution in [3.8, 4) is 21.5 Å². The molecule has 0 spiro atoms. The monoisotopic (exact) mass is 1700 g/mol. The van der Waals surface area contributed by atoms with Gasteiger partial charge in [0.05, 0.1) is 46.5 Å². The van der Waals surface area contributed by atoms with E-state index >= 15 is 0 Å². The number of halogens is 5. The van der Waals surface area contributed by atoms with Crippen LogP contribution in [0.25, 0.3) is 10.0 Å². The van der Waals surface area contributed by atoms with E-state index in [1.807, 2.05) is 71.5 Å². The zero-order valence-corrected chi connectivity index (χ0v) is 67.5. The number of hydrogen-bond donors (Lipinski definition) is 6. The van der Waals surface area contributed by atoms with Crippen LogP contribution in [0, 0.1) is 41.5 Å². The molecule has 6 aliphatic rings. The number of aliphatic carboxylic acids is 2. The Hall–Kier alpha value is -11.9. The van der Waals surface area contributed by atoms with Crippen LogP contribution in [0.15, 0.2) is 94.9 Å². The van der Waals surface area contributed by atoms with Crippen molar-refractivity contribution in [1.82, 2.24) is 55.3 Å². The third-order valence-corrected chi connectivity index (χ3v) is 22.8. The molecule has 618 valence electrons. The molecule has 0 aliphatic carbocycles. The van der Waals surface area contributed by atoms with Gasteiger partial charge in [-0.15, -0.1) is 43.1 Å². The third-order valence-electron chi connectivity index (χ3n) is 20.0. The molecular formula is C80H79Cl2F3N14O17S2. The number of benzene rings is 4. The summed E-state index contributed by atoms with van der Waals surface area (Å²) in [5.41, 5.74) is 13.2. The first-order valence-corrected chi connectivity index (χ1v) is 39.8. The lowest BCUT2D eigenvalue weighted by molar-refractivity contribution is -0.192. The van der Waals surface area contributed by atoms with Gasteiger partial charge in [0.25, 0.3) is 23.6 Å². The molecule has 8 aromatic rings. The number of aromatic nitrogens is 6. The highest BCUT2D eigenvalue weighted by molar-refractivity contribution is 7.15. The third kappa shape index (κ3) is 19.4. The average Bonchev–Trinajstić information content (AvgIpc) is 1.59. The maximum atomic E-state index is 13.3. The summed E-state index contributed by atoms with van der Waals surface area (Å²) in [6, 6.07) is 20.7. The fraction of sp³-hybridized carbons (Fsp3) is 0.362. The van der Waals surface area contributed by atoms with E-state index in [9.17, 15) is 75.8 Å². The first-order valence-electron chi connectivity index (χ1n) is 37.4. The van der Waals surface area contributed by atoms with Crippen LogP contribution in [0.1, 0.15) is 210 Å². The molecule has 0 radical (unpaired) electrons. The second kappa shape index (κ2) is 37.6. The van der Waals surface area contributed by atoms with E-state index in [0.29, 0.717) is 72.7 Å². The summed E-state index contributed by atoms with van der Waals surface area (Å²) in [6.45, 7) is 12.5. The number of aliphatic imine (C=N–C) groups is 2. The number of piperidine rings is 2. The Morgan fingerprint density at radius 2 is 0.958 bits per heavy atom. The summed E-state index contributed by atoms with van der Waals surface area (Å²) >= 11 is 15.6. The maximum absolute atomic E-state index is 13.3. The van der Waals surface area contributed by atoms with Crippen LogP contribution in [-0.2, 0) is 43.2 Å². The zero-order chi connectivity index (χ0) is 85.3. The molecule has 4 aromatic carbocycles. The minimum Gasteiger partial charge on any atom is -0.485 e. The number of imide groups is 4. The van der Waals surface area contributed by atoms with Crippen molar-refractivity contribution in [2.45, 2.75) is 162 Å². The number of rotatable bonds is 25. The van der Waals surface area contributed by atoms with E-state index in [0.717, 1.165) is 88.1 Å². The second-order valence-electron chi connectivity index (χ2n) is 28.1. The molecule has 2 unspecified atom stereocenters. The van der Waals surface area contributed by atoms with Crippen molar-refractivity contribution in [2.75, 3.05) is 26.3 Å². The highest BCUT2D eigenvalue weighted by atomic mass is 35.5. The van der Waals surface area contributed by atoms with Crippen LogP contribution in [-0.4, -0.2) is 182 Å². The van der Waals surface area contributed by atoms with Gasteiger partial charge < -0.3 is 30.7 Å². The first-order chi connectivity index (χ1) is 56.2. The molecule has 38 heteroatoms. The number of carbonyl (C=O) groups excluding carboxylic acids is 11. The van der Waals surface area contributed by atoms with Crippen molar-refractivity contribution in [3.63, 3.8) is 0 Å². The quantitative estimate of drug-likeness (QED) is 0.0229. The molecule has 14 rings (SSSR count). The smallest absolute Gasteiger partial charge is 0.485 e. The number of amides is 9. The number of unbranched alkanes of at least 4 members (excludes halogenated alkanes) is 4. The SMILES string of the molecule is Cc1sc2c(c1C)C(c1ccc(Cl)cc1)=N[C@@H](CC(=O)NCCCCCC(=O)COc1cccc3c1C(=O)N(C1CCC(=O)NC1=O)C3=O)c1nnc(C)n1-2.Cc1sc2c(c1C)C(c1ccc(Cl)cc1)=N[C@@H](CC(=O)O)c1nnc(C)n1-2.NCCCCCC(=O)COc1cccc2c1C(=O)N(C1CCC(=O)NC1=O)C2=O.O=C(O)C(F)(F)F. The fourth-order valence-corrected chi connectivity index (χ4v) is 16.5. The molecule has 0 saturated carbocycles. The van der Waals surface area contributed by atoms with Gasteiger partial charge in [0, 0.05) is 74.3 Å². The molecule has 9 amide bonds. The Labute approximate surface area is 689 Å². The summed E-state index contributed by atoms with van der Waals surface area (Å²) in [7, 11) is 0. The van der Waals surface area contributed by atoms with E-state index in [2.05, 4.69) is 64.0 Å². The number of hydrogen-bond acceptors (Lipinski definition) is 24. The number of Topliss-reactive ketones (excluding diaryl/α,β-unsaturated/α-hetero) is 2. The van der Waals surface area contributed by atoms with Crippen molar-refractivity contribution in [3.05, 3.63) is 184 Å². The van der Waals surface area contributed by atoms with E-state index in [1.54, 1.807) is 34.8 Å². The van der Waals surface area contributed by atoms with Gasteiger partial charge >= 0.3 is 18.1 Å². The number of thiophene rings is 2. The number of aryl methyl sites for hydroxylation is 4. The van der Waals surface area contributed by atoms with E-state index in [-0.39, 0.29) is 109 Å². The summed E-state index contributed by atoms with van der Waals surface area (Å²) in [5.74, 6) is -6.27. The van der Waals surface area contributed by atoms with Gasteiger partial charge in [-0.2, -0.15) is 13.2 Å². The molecule has 0 bridgehead atoms. The number of nitrogens with zero attached hydrogens (tertiary/aromatic N) is 10. The van der Waals surface area contributed by atoms with Crippen LogP contribution in [0.5, 0.6) is 11.5 Å². The summed E-state index contributed by atoms with van der Waals surface area (Å²) in [6.07, 6.45) is -0.105. The van der Waals surface area contributed by atoms with Crippen LogP contribution < -0.4 is 31.2 Å². The number of alkyl halides is 3. The lowest BCUT2D eigenvalue weighted by atomic mass is 9.99. The lowest BCUT2D eigenvalue weighted by Gasteiger charge is -2.27. The number of nitrogens with two attached hydrogens (primary N) is 1. The molecular weight excluding hydrogens is 1620 g/mol. The molecule has 4 atom stereocenters. The predicted molar refractivity (Wildman–Crippen MR) is 423 cm³/mol. The number of ketones is 2. The number of carboxylic acid groups (broad SMARTS) is 2. The standard InChI is InChI=1S/C39H38ClN7O7S.C20H23N3O6.C19H17ClN4O2S.C2HF3O2/c1-20-21(2)55-39-32(20)34(23-11-13-24(40)14-12-23)42-27(35-45-44-22(3)46(35)39)18-31(50)41-17-6-4-5-8-25(48)19-54-29-10-7-9-26-33(29)38(53)47(37(26)52)28-15-16-30(49)43-36(28)51;21-10-3-1-2-5-12(24)11-29-15-7-4-6-13-17(15)20(28)23(19(13)27)14-8-9-16(25)22-18(14)26;1-9-10(2)27-19-16(9)17(12-4-6-13(20)7-5-12)21-14(8-15(25)26)18-23-22-11(3)24(18)19;3-2(4,5)1(6)7/h7,9-14,27-28H,4-6,8,15-19H2,1-3H3,(H,41,50)(H,43,49,51);4,6-7,14H,1-3,5,8-11,21H2,(H,22,25,26);4-7,14H,8H2,1-3H3,(H,25,26);(H,6,7)/t27-,28?;;14-;/m0.0./s1. The number of carboxylic acids is 2. The normalized spacial score (nSPS) is 17.1. The Morgan fingerprint density at radius 3 is 1.35 bits per heavy atom. The van der Waals surface area contributed by atoms with Gasteiger partial charge in [0.1, 0.15) is 70.5 Å². The van der Waals surface area contributed by atoms with Gasteiger partial charge in [-0.05, 0) is 146 Å². The van der Waals surface area contributed by atoms with Gasteiger partial charge in [0.15, 0.2) is 23.2 Å². The Bertz CT molecular complexity index is 5420. The number of ether oxygens (including phenoxy) is 2. The number of carbonyl (C=O) groups is 13. The van der Waals surface area contributed by atoms with E-state index < -0.39 is 89.5 Å².